The standard InChI is InChI=1S/C21H25N5O3S/c1-14(17-8-7-11-19(12-17)30(22,28)29)24-21(27)23-13-20-15(2)25-26(16(20)3)18-9-5-4-6-10-18/h4-12,14H,13H2,1-3H3,(H2,22,28,29)(H2,23,24,27). The van der Waals surface area contributed by atoms with Crippen molar-refractivity contribution in [3.8, 4) is 5.69 Å². The van der Waals surface area contributed by atoms with Gasteiger partial charge >= 0.3 is 6.03 Å². The summed E-state index contributed by atoms with van der Waals surface area (Å²) in [5, 5.41) is 15.4. The van der Waals surface area contributed by atoms with E-state index < -0.39 is 16.1 Å². The fraction of sp³-hybridized carbons (Fsp3) is 0.238. The van der Waals surface area contributed by atoms with Crippen LogP contribution in [0.2, 0.25) is 0 Å². The molecule has 0 radical (unpaired) electrons. The third-order valence-corrected chi connectivity index (χ3v) is 5.81. The number of primary sulfonamides is 1. The zero-order valence-electron chi connectivity index (χ0n) is 17.1. The summed E-state index contributed by atoms with van der Waals surface area (Å²) in [5.74, 6) is 0. The minimum atomic E-state index is -3.80. The van der Waals surface area contributed by atoms with E-state index in [1.165, 1.54) is 12.1 Å². The SMILES string of the molecule is Cc1nn(-c2ccccc2)c(C)c1CNC(=O)NC(C)c1cccc(S(N)(=O)=O)c1. The summed E-state index contributed by atoms with van der Waals surface area (Å²) in [6, 6.07) is 15.2. The molecule has 0 aliphatic rings. The first-order valence-electron chi connectivity index (χ1n) is 9.44. The maximum absolute atomic E-state index is 12.4. The number of para-hydroxylation sites is 1. The third kappa shape index (κ3) is 4.87. The lowest BCUT2D eigenvalue weighted by molar-refractivity contribution is 0.237. The second kappa shape index (κ2) is 8.68. The molecule has 2 aromatic carbocycles. The number of aromatic nitrogens is 2. The Morgan fingerprint density at radius 3 is 2.50 bits per heavy atom. The lowest BCUT2D eigenvalue weighted by atomic mass is 10.1. The molecule has 8 nitrogen and oxygen atoms in total. The van der Waals surface area contributed by atoms with Crippen LogP contribution >= 0.6 is 0 Å². The van der Waals surface area contributed by atoms with Crippen molar-refractivity contribution in [2.45, 2.75) is 38.3 Å². The van der Waals surface area contributed by atoms with E-state index >= 15 is 0 Å². The van der Waals surface area contributed by atoms with E-state index in [9.17, 15) is 13.2 Å². The Morgan fingerprint density at radius 2 is 1.83 bits per heavy atom. The average molecular weight is 428 g/mol. The first-order chi connectivity index (χ1) is 14.2. The van der Waals surface area contributed by atoms with Crippen molar-refractivity contribution in [2.75, 3.05) is 0 Å². The lowest BCUT2D eigenvalue weighted by Crippen LogP contribution is -2.36. The van der Waals surface area contributed by atoms with Gasteiger partial charge in [-0.15, -0.1) is 0 Å². The largest absolute Gasteiger partial charge is 0.334 e. The summed E-state index contributed by atoms with van der Waals surface area (Å²) in [4.78, 5) is 12.4. The molecule has 1 unspecified atom stereocenters. The molecule has 0 saturated heterocycles. The molecular weight excluding hydrogens is 402 g/mol. The minimum absolute atomic E-state index is 0.00799. The van der Waals surface area contributed by atoms with Crippen molar-refractivity contribution < 1.29 is 13.2 Å². The van der Waals surface area contributed by atoms with Crippen LogP contribution in [-0.2, 0) is 16.6 Å². The van der Waals surface area contributed by atoms with E-state index in [4.69, 9.17) is 5.14 Å². The Morgan fingerprint density at radius 1 is 1.13 bits per heavy atom. The molecule has 1 heterocycles. The molecule has 0 spiro atoms. The fourth-order valence-corrected chi connectivity index (χ4v) is 3.78. The van der Waals surface area contributed by atoms with Crippen LogP contribution in [0.4, 0.5) is 4.79 Å². The minimum Gasteiger partial charge on any atom is -0.334 e. The van der Waals surface area contributed by atoms with Gasteiger partial charge in [-0.25, -0.2) is 23.0 Å². The number of nitrogens with zero attached hydrogens (tertiary/aromatic N) is 2. The Balaban J connectivity index is 1.66. The zero-order valence-corrected chi connectivity index (χ0v) is 17.9. The number of hydrogen-bond acceptors (Lipinski definition) is 4. The summed E-state index contributed by atoms with van der Waals surface area (Å²) in [5.41, 5.74) is 4.33. The van der Waals surface area contributed by atoms with Gasteiger partial charge in [0.05, 0.1) is 22.3 Å². The molecule has 3 aromatic rings. The molecule has 0 fully saturated rings. The van der Waals surface area contributed by atoms with E-state index in [0.29, 0.717) is 12.1 Å². The fourth-order valence-electron chi connectivity index (χ4n) is 3.21. The Bertz CT molecular complexity index is 1160. The highest BCUT2D eigenvalue weighted by atomic mass is 32.2. The maximum Gasteiger partial charge on any atom is 0.315 e. The molecule has 30 heavy (non-hydrogen) atoms. The molecule has 1 aromatic heterocycles. The highest BCUT2D eigenvalue weighted by Gasteiger charge is 2.16. The molecule has 3 rings (SSSR count). The van der Waals surface area contributed by atoms with Crippen LogP contribution in [0.5, 0.6) is 0 Å². The van der Waals surface area contributed by atoms with Gasteiger partial charge in [-0.1, -0.05) is 30.3 Å². The van der Waals surface area contributed by atoms with Gasteiger partial charge in [0.15, 0.2) is 0 Å². The Hall–Kier alpha value is -3.17. The van der Waals surface area contributed by atoms with Crippen molar-refractivity contribution in [3.05, 3.63) is 77.1 Å². The molecule has 4 N–H and O–H groups in total. The van der Waals surface area contributed by atoms with E-state index in [1.54, 1.807) is 19.1 Å². The monoisotopic (exact) mass is 427 g/mol. The first kappa shape index (κ1) is 21.5. The topological polar surface area (TPSA) is 119 Å². The number of nitrogens with two attached hydrogens (primary N) is 1. The summed E-state index contributed by atoms with van der Waals surface area (Å²) in [7, 11) is -3.80. The predicted octanol–water partition coefficient (Wildman–Crippen LogP) is 2.70. The van der Waals surface area contributed by atoms with Crippen LogP contribution < -0.4 is 15.8 Å². The number of urea groups is 1. The molecule has 9 heteroatoms. The lowest BCUT2D eigenvalue weighted by Gasteiger charge is -2.16. The van der Waals surface area contributed by atoms with Crippen LogP contribution in [0.1, 0.15) is 35.5 Å². The summed E-state index contributed by atoms with van der Waals surface area (Å²) >= 11 is 0. The van der Waals surface area contributed by atoms with Gasteiger partial charge in [-0.2, -0.15) is 5.10 Å². The number of carbonyl (C=O) groups excluding carboxylic acids is 1. The van der Waals surface area contributed by atoms with Crippen molar-refractivity contribution in [2.24, 2.45) is 5.14 Å². The molecule has 0 saturated carbocycles. The number of benzene rings is 2. The van der Waals surface area contributed by atoms with Crippen molar-refractivity contribution in [1.82, 2.24) is 20.4 Å². The van der Waals surface area contributed by atoms with Gasteiger partial charge < -0.3 is 10.6 Å². The molecule has 1 atom stereocenters. The number of hydrogen-bond donors (Lipinski definition) is 3. The van der Waals surface area contributed by atoms with Crippen molar-refractivity contribution >= 4 is 16.1 Å². The van der Waals surface area contributed by atoms with E-state index in [-0.39, 0.29) is 10.9 Å². The van der Waals surface area contributed by atoms with Crippen LogP contribution in [0.3, 0.4) is 0 Å². The van der Waals surface area contributed by atoms with Crippen molar-refractivity contribution in [1.29, 1.82) is 0 Å². The second-order valence-electron chi connectivity index (χ2n) is 7.06. The molecular formula is C21H25N5O3S. The molecule has 0 aliphatic carbocycles. The predicted molar refractivity (Wildman–Crippen MR) is 115 cm³/mol. The average Bonchev–Trinajstić information content (AvgIpc) is 3.00. The summed E-state index contributed by atoms with van der Waals surface area (Å²) in [6.07, 6.45) is 0. The van der Waals surface area contributed by atoms with Gasteiger partial charge in [-0.05, 0) is 50.6 Å². The van der Waals surface area contributed by atoms with Crippen LogP contribution in [-0.4, -0.2) is 24.2 Å². The van der Waals surface area contributed by atoms with Crippen LogP contribution in [0.25, 0.3) is 5.69 Å². The third-order valence-electron chi connectivity index (χ3n) is 4.90. The highest BCUT2D eigenvalue weighted by Crippen LogP contribution is 2.18. The van der Waals surface area contributed by atoms with Gasteiger partial charge in [0, 0.05) is 17.8 Å². The first-order valence-corrected chi connectivity index (χ1v) is 11.0. The number of amides is 2. The van der Waals surface area contributed by atoms with E-state index in [2.05, 4.69) is 15.7 Å². The van der Waals surface area contributed by atoms with Gasteiger partial charge in [0.2, 0.25) is 10.0 Å². The zero-order chi connectivity index (χ0) is 21.9. The number of sulfonamides is 1. The molecule has 2 amide bonds. The number of rotatable bonds is 6. The van der Waals surface area contributed by atoms with Gasteiger partial charge in [-0.3, -0.25) is 0 Å². The number of aryl methyl sites for hydroxylation is 1. The second-order valence-corrected chi connectivity index (χ2v) is 8.62. The maximum atomic E-state index is 12.4. The van der Waals surface area contributed by atoms with Crippen LogP contribution in [0, 0.1) is 13.8 Å². The highest BCUT2D eigenvalue weighted by molar-refractivity contribution is 7.89. The van der Waals surface area contributed by atoms with Crippen molar-refractivity contribution in [3.63, 3.8) is 0 Å². The number of nitrogens with one attached hydrogen (secondary N) is 2. The molecule has 0 bridgehead atoms. The molecule has 0 aliphatic heterocycles. The van der Waals surface area contributed by atoms with Gasteiger partial charge in [0.1, 0.15) is 0 Å². The van der Waals surface area contributed by atoms with E-state index in [0.717, 1.165) is 22.6 Å². The smallest absolute Gasteiger partial charge is 0.315 e. The quantitative estimate of drug-likeness (QED) is 0.560. The summed E-state index contributed by atoms with van der Waals surface area (Å²) < 4.78 is 24.9. The number of carbonyl (C=O) groups is 1. The van der Waals surface area contributed by atoms with Gasteiger partial charge in [0.25, 0.3) is 0 Å². The Kier molecular flexibility index (Phi) is 6.23. The Labute approximate surface area is 176 Å². The summed E-state index contributed by atoms with van der Waals surface area (Å²) in [6.45, 7) is 5.96. The normalized spacial score (nSPS) is 12.4. The van der Waals surface area contributed by atoms with Crippen LogP contribution in [0.15, 0.2) is 59.5 Å². The van der Waals surface area contributed by atoms with E-state index in [1.807, 2.05) is 48.9 Å². The molecule has 158 valence electrons.